The van der Waals surface area contributed by atoms with Gasteiger partial charge in [0.15, 0.2) is 0 Å². The molecule has 0 aliphatic carbocycles. The van der Waals surface area contributed by atoms with Crippen molar-refractivity contribution >= 4 is 11.8 Å². The van der Waals surface area contributed by atoms with Crippen molar-refractivity contribution < 1.29 is 14.0 Å². The molecule has 0 bridgehead atoms. The van der Waals surface area contributed by atoms with Crippen LogP contribution in [0.15, 0.2) is 79.0 Å². The number of benzene rings is 2. The van der Waals surface area contributed by atoms with E-state index < -0.39 is 0 Å². The minimum absolute atomic E-state index is 0.0244. The van der Waals surface area contributed by atoms with Gasteiger partial charge in [-0.25, -0.2) is 4.39 Å². The summed E-state index contributed by atoms with van der Waals surface area (Å²) in [6.45, 7) is 0.847. The van der Waals surface area contributed by atoms with Gasteiger partial charge >= 0.3 is 0 Å². The minimum Gasteiger partial charge on any atom is -0.333 e. The van der Waals surface area contributed by atoms with Crippen molar-refractivity contribution in [2.24, 2.45) is 0 Å². The van der Waals surface area contributed by atoms with Crippen LogP contribution in [0.3, 0.4) is 0 Å². The Balaban J connectivity index is 1.48. The molecule has 0 saturated carbocycles. The topological polar surface area (TPSA) is 53.5 Å². The highest BCUT2D eigenvalue weighted by Gasteiger charge is 2.32. The summed E-state index contributed by atoms with van der Waals surface area (Å²) >= 11 is 0. The lowest BCUT2D eigenvalue weighted by Gasteiger charge is -2.26. The van der Waals surface area contributed by atoms with E-state index in [9.17, 15) is 14.0 Å². The number of hydrogen-bond acceptors (Lipinski definition) is 3. The van der Waals surface area contributed by atoms with E-state index in [4.69, 9.17) is 0 Å². The van der Waals surface area contributed by atoms with Crippen LogP contribution < -0.4 is 0 Å². The van der Waals surface area contributed by atoms with Gasteiger partial charge < -0.3 is 9.80 Å². The largest absolute Gasteiger partial charge is 0.333 e. The molecule has 3 aromatic rings. The molecule has 0 N–H and O–H groups in total. The second kappa shape index (κ2) is 9.51. The third-order valence-corrected chi connectivity index (χ3v) is 5.56. The molecule has 0 spiro atoms. The smallest absolute Gasteiger partial charge is 0.242 e. The highest BCUT2D eigenvalue weighted by molar-refractivity contribution is 5.86. The number of hydrogen-bond donors (Lipinski definition) is 0. The molecule has 158 valence electrons. The van der Waals surface area contributed by atoms with E-state index in [-0.39, 0.29) is 43.2 Å². The fourth-order valence-electron chi connectivity index (χ4n) is 3.89. The maximum Gasteiger partial charge on any atom is 0.242 e. The summed E-state index contributed by atoms with van der Waals surface area (Å²) < 4.78 is 14.2. The number of amides is 2. The van der Waals surface area contributed by atoms with E-state index in [2.05, 4.69) is 4.98 Å². The lowest BCUT2D eigenvalue weighted by molar-refractivity contribution is -0.139. The molecule has 6 heteroatoms. The first-order valence-corrected chi connectivity index (χ1v) is 10.3. The first-order chi connectivity index (χ1) is 15.1. The number of nitrogens with zero attached hydrogens (tertiary/aromatic N) is 3. The standard InChI is InChI=1S/C25H24FN3O2/c26-23-12-5-4-10-20(23)15-28(17-22-11-6-7-13-27-22)25(31)18-29-16-21(14-24(29)30)19-8-2-1-3-9-19/h1-13,21H,14-18H2. The molecule has 2 aromatic carbocycles. The van der Waals surface area contributed by atoms with E-state index in [0.29, 0.717) is 24.2 Å². The SMILES string of the molecule is O=C(CN1CC(c2ccccc2)CC1=O)N(Cc1ccccn1)Cc1ccccc1F. The number of rotatable bonds is 7. The van der Waals surface area contributed by atoms with E-state index in [0.717, 1.165) is 5.56 Å². The van der Waals surface area contributed by atoms with Crippen molar-refractivity contribution in [3.05, 3.63) is 102 Å². The average Bonchev–Trinajstić information content (AvgIpc) is 3.16. The summed E-state index contributed by atoms with van der Waals surface area (Å²) in [6.07, 6.45) is 2.06. The van der Waals surface area contributed by atoms with Crippen LogP contribution in [0.2, 0.25) is 0 Å². The molecule has 2 heterocycles. The van der Waals surface area contributed by atoms with Crippen molar-refractivity contribution in [1.82, 2.24) is 14.8 Å². The summed E-state index contributed by atoms with van der Waals surface area (Å²) in [5, 5.41) is 0. The molecule has 5 nitrogen and oxygen atoms in total. The maximum atomic E-state index is 14.2. The highest BCUT2D eigenvalue weighted by atomic mass is 19.1. The van der Waals surface area contributed by atoms with Crippen molar-refractivity contribution in [3.63, 3.8) is 0 Å². The Morgan fingerprint density at radius 2 is 1.74 bits per heavy atom. The molecule has 1 fully saturated rings. The van der Waals surface area contributed by atoms with Crippen LogP contribution in [-0.4, -0.2) is 39.7 Å². The maximum absolute atomic E-state index is 14.2. The molecule has 2 amide bonds. The summed E-state index contributed by atoms with van der Waals surface area (Å²) in [4.78, 5) is 33.2. The van der Waals surface area contributed by atoms with E-state index >= 15 is 0 Å². The number of halogens is 1. The van der Waals surface area contributed by atoms with Gasteiger partial charge in [0.2, 0.25) is 11.8 Å². The summed E-state index contributed by atoms with van der Waals surface area (Å²) in [6, 6.07) is 21.8. The van der Waals surface area contributed by atoms with Gasteiger partial charge in [-0.2, -0.15) is 0 Å². The number of carbonyl (C=O) groups excluding carboxylic acids is 2. The molecular weight excluding hydrogens is 393 g/mol. The van der Waals surface area contributed by atoms with Gasteiger partial charge in [0.05, 0.1) is 18.8 Å². The zero-order valence-electron chi connectivity index (χ0n) is 17.2. The number of aromatic nitrogens is 1. The Morgan fingerprint density at radius 3 is 2.48 bits per heavy atom. The van der Waals surface area contributed by atoms with Crippen molar-refractivity contribution in [1.29, 1.82) is 0 Å². The monoisotopic (exact) mass is 417 g/mol. The van der Waals surface area contributed by atoms with Gasteiger partial charge in [-0.3, -0.25) is 14.6 Å². The quantitative estimate of drug-likeness (QED) is 0.588. The predicted molar refractivity (Wildman–Crippen MR) is 115 cm³/mol. The Morgan fingerprint density at radius 1 is 1.00 bits per heavy atom. The van der Waals surface area contributed by atoms with Crippen molar-refractivity contribution in [3.8, 4) is 0 Å². The molecule has 1 unspecified atom stereocenters. The highest BCUT2D eigenvalue weighted by Crippen LogP contribution is 2.28. The van der Waals surface area contributed by atoms with Gasteiger partial charge in [-0.1, -0.05) is 54.6 Å². The first-order valence-electron chi connectivity index (χ1n) is 10.3. The molecule has 1 saturated heterocycles. The third-order valence-electron chi connectivity index (χ3n) is 5.56. The van der Waals surface area contributed by atoms with Crippen LogP contribution in [0.1, 0.15) is 29.2 Å². The normalized spacial score (nSPS) is 15.8. The molecule has 1 aliphatic heterocycles. The zero-order chi connectivity index (χ0) is 21.6. The van der Waals surface area contributed by atoms with Crippen LogP contribution in [0, 0.1) is 5.82 Å². The Kier molecular flexibility index (Phi) is 6.36. The van der Waals surface area contributed by atoms with Crippen molar-refractivity contribution in [2.45, 2.75) is 25.4 Å². The van der Waals surface area contributed by atoms with Gasteiger partial charge in [-0.05, 0) is 23.8 Å². The predicted octanol–water partition coefficient (Wildman–Crippen LogP) is 3.77. The molecule has 31 heavy (non-hydrogen) atoms. The van der Waals surface area contributed by atoms with Crippen LogP contribution in [0.4, 0.5) is 4.39 Å². The summed E-state index contributed by atoms with van der Waals surface area (Å²) in [5.74, 6) is -0.540. The van der Waals surface area contributed by atoms with Crippen LogP contribution in [0.5, 0.6) is 0 Å². The fraction of sp³-hybridized carbons (Fsp3) is 0.240. The third kappa shape index (κ3) is 5.15. The first kappa shape index (κ1) is 20.7. The average molecular weight is 417 g/mol. The van der Waals surface area contributed by atoms with Gasteiger partial charge in [-0.15, -0.1) is 0 Å². The summed E-state index contributed by atoms with van der Waals surface area (Å²) in [7, 11) is 0. The van der Waals surface area contributed by atoms with Crippen LogP contribution in [-0.2, 0) is 22.7 Å². The molecule has 1 aromatic heterocycles. The lowest BCUT2D eigenvalue weighted by atomic mass is 9.99. The second-order valence-corrected chi connectivity index (χ2v) is 7.75. The lowest BCUT2D eigenvalue weighted by Crippen LogP contribution is -2.40. The van der Waals surface area contributed by atoms with E-state index in [1.807, 2.05) is 42.5 Å². The minimum atomic E-state index is -0.359. The Hall–Kier alpha value is -3.54. The van der Waals surface area contributed by atoms with Crippen LogP contribution in [0.25, 0.3) is 0 Å². The van der Waals surface area contributed by atoms with Gasteiger partial charge in [0.1, 0.15) is 5.82 Å². The van der Waals surface area contributed by atoms with E-state index in [1.54, 1.807) is 40.3 Å². The van der Waals surface area contributed by atoms with Gasteiger partial charge in [0.25, 0.3) is 0 Å². The zero-order valence-corrected chi connectivity index (χ0v) is 17.2. The molecule has 1 atom stereocenters. The molecule has 0 radical (unpaired) electrons. The van der Waals surface area contributed by atoms with Gasteiger partial charge in [0, 0.05) is 37.2 Å². The number of pyridine rings is 1. The van der Waals surface area contributed by atoms with E-state index in [1.165, 1.54) is 6.07 Å². The molecule has 1 aliphatic rings. The molecule has 4 rings (SSSR count). The number of likely N-dealkylation sites (tertiary alicyclic amines) is 1. The fourth-order valence-corrected chi connectivity index (χ4v) is 3.89. The Labute approximate surface area is 181 Å². The molecular formula is C25H24FN3O2. The van der Waals surface area contributed by atoms with Crippen molar-refractivity contribution in [2.75, 3.05) is 13.1 Å². The second-order valence-electron chi connectivity index (χ2n) is 7.75. The van der Waals surface area contributed by atoms with Crippen LogP contribution >= 0.6 is 0 Å². The Bertz CT molecular complexity index is 1040. The summed E-state index contributed by atoms with van der Waals surface area (Å²) in [5.41, 5.74) is 2.24. The number of carbonyl (C=O) groups is 2.